The highest BCUT2D eigenvalue weighted by atomic mass is 16.5. The quantitative estimate of drug-likeness (QED) is 0.831. The van der Waals surface area contributed by atoms with Gasteiger partial charge in [0.15, 0.2) is 0 Å². The predicted molar refractivity (Wildman–Crippen MR) is 71.5 cm³/mol. The van der Waals surface area contributed by atoms with Crippen LogP contribution in [0.5, 0.6) is 0 Å². The van der Waals surface area contributed by atoms with Gasteiger partial charge in [-0.25, -0.2) is 0 Å². The zero-order valence-electron chi connectivity index (χ0n) is 11.6. The third-order valence-corrected chi connectivity index (χ3v) is 3.61. The summed E-state index contributed by atoms with van der Waals surface area (Å²) in [5.74, 6) is 0. The Morgan fingerprint density at radius 2 is 2.33 bits per heavy atom. The molecule has 18 heavy (non-hydrogen) atoms. The van der Waals surface area contributed by atoms with Gasteiger partial charge in [0.2, 0.25) is 0 Å². The third-order valence-electron chi connectivity index (χ3n) is 3.61. The van der Waals surface area contributed by atoms with Gasteiger partial charge in [0.25, 0.3) is 0 Å². The minimum Gasteiger partial charge on any atom is -0.374 e. The predicted octanol–water partition coefficient (Wildman–Crippen LogP) is 0.183. The van der Waals surface area contributed by atoms with Crippen molar-refractivity contribution in [1.29, 1.82) is 0 Å². The van der Waals surface area contributed by atoms with E-state index in [0.717, 1.165) is 38.2 Å². The van der Waals surface area contributed by atoms with E-state index < -0.39 is 0 Å². The molecule has 2 atom stereocenters. The lowest BCUT2D eigenvalue weighted by Gasteiger charge is -2.33. The molecule has 2 unspecified atom stereocenters. The Bertz CT molecular complexity index is 390. The second kappa shape index (κ2) is 5.82. The van der Waals surface area contributed by atoms with Crippen LogP contribution in [-0.2, 0) is 24.6 Å². The fourth-order valence-electron chi connectivity index (χ4n) is 2.38. The summed E-state index contributed by atoms with van der Waals surface area (Å²) in [4.78, 5) is 2.27. The van der Waals surface area contributed by atoms with E-state index in [0.29, 0.717) is 0 Å². The van der Waals surface area contributed by atoms with Gasteiger partial charge >= 0.3 is 0 Å². The van der Waals surface area contributed by atoms with Gasteiger partial charge in [0, 0.05) is 38.3 Å². The van der Waals surface area contributed by atoms with Crippen LogP contribution >= 0.6 is 0 Å². The van der Waals surface area contributed by atoms with Gasteiger partial charge in [-0.05, 0) is 19.5 Å². The van der Waals surface area contributed by atoms with Crippen molar-refractivity contribution in [1.82, 2.24) is 14.7 Å². The second-order valence-corrected chi connectivity index (χ2v) is 5.14. The van der Waals surface area contributed by atoms with Gasteiger partial charge in [-0.15, -0.1) is 0 Å². The fourth-order valence-corrected chi connectivity index (χ4v) is 2.38. The van der Waals surface area contributed by atoms with Crippen LogP contribution in [0.1, 0.15) is 18.3 Å². The Labute approximate surface area is 109 Å². The minimum atomic E-state index is 0.0351. The number of aryl methyl sites for hydroxylation is 2. The first-order valence-corrected chi connectivity index (χ1v) is 6.67. The standard InChI is InChI=1S/C13H24N4O/c1-4-10-7-11(17(3)15-10)8-12(14)13-9-16(2)5-6-18-13/h7,12-13H,4-6,8-9,14H2,1-3H3. The molecule has 2 N–H and O–H groups in total. The Morgan fingerprint density at radius 1 is 1.56 bits per heavy atom. The highest BCUT2D eigenvalue weighted by Gasteiger charge is 2.25. The molecule has 1 saturated heterocycles. The first kappa shape index (κ1) is 13.5. The molecular weight excluding hydrogens is 228 g/mol. The van der Waals surface area contributed by atoms with E-state index in [-0.39, 0.29) is 12.1 Å². The van der Waals surface area contributed by atoms with Crippen molar-refractivity contribution in [2.75, 3.05) is 26.7 Å². The number of ether oxygens (including phenoxy) is 1. The molecule has 102 valence electrons. The number of morpholine rings is 1. The van der Waals surface area contributed by atoms with Gasteiger partial charge < -0.3 is 15.4 Å². The topological polar surface area (TPSA) is 56.3 Å². The maximum absolute atomic E-state index is 6.27. The highest BCUT2D eigenvalue weighted by Crippen LogP contribution is 2.12. The number of hydrogen-bond acceptors (Lipinski definition) is 4. The Balaban J connectivity index is 1.97. The Kier molecular flexibility index (Phi) is 4.37. The summed E-state index contributed by atoms with van der Waals surface area (Å²) in [5, 5.41) is 4.45. The maximum atomic E-state index is 6.27. The third kappa shape index (κ3) is 3.10. The fraction of sp³-hybridized carbons (Fsp3) is 0.769. The van der Waals surface area contributed by atoms with E-state index >= 15 is 0 Å². The summed E-state index contributed by atoms with van der Waals surface area (Å²) in [6.45, 7) is 4.81. The zero-order valence-corrected chi connectivity index (χ0v) is 11.6. The molecule has 5 nitrogen and oxygen atoms in total. The molecule has 0 spiro atoms. The first-order valence-electron chi connectivity index (χ1n) is 6.67. The summed E-state index contributed by atoms with van der Waals surface area (Å²) in [6.07, 6.45) is 1.91. The van der Waals surface area contributed by atoms with Crippen LogP contribution in [0.2, 0.25) is 0 Å². The molecule has 0 amide bonds. The number of rotatable bonds is 4. The van der Waals surface area contributed by atoms with E-state index in [9.17, 15) is 0 Å². The van der Waals surface area contributed by atoms with E-state index in [1.807, 2.05) is 11.7 Å². The van der Waals surface area contributed by atoms with Crippen molar-refractivity contribution in [3.05, 3.63) is 17.5 Å². The van der Waals surface area contributed by atoms with Gasteiger partial charge in [-0.3, -0.25) is 4.68 Å². The van der Waals surface area contributed by atoms with Gasteiger partial charge in [-0.1, -0.05) is 6.92 Å². The van der Waals surface area contributed by atoms with Crippen molar-refractivity contribution >= 4 is 0 Å². The molecule has 0 aliphatic carbocycles. The van der Waals surface area contributed by atoms with Gasteiger partial charge in [0.05, 0.1) is 18.4 Å². The summed E-state index contributed by atoms with van der Waals surface area (Å²) < 4.78 is 7.69. The summed E-state index contributed by atoms with van der Waals surface area (Å²) in [5.41, 5.74) is 8.59. The lowest BCUT2D eigenvalue weighted by Crippen LogP contribution is -2.50. The molecule has 1 aliphatic heterocycles. The molecule has 0 aromatic carbocycles. The molecule has 1 fully saturated rings. The molecular formula is C13H24N4O. The highest BCUT2D eigenvalue weighted by molar-refractivity contribution is 5.12. The summed E-state index contributed by atoms with van der Waals surface area (Å²) in [6, 6.07) is 2.18. The molecule has 0 bridgehead atoms. The molecule has 2 rings (SSSR count). The SMILES string of the molecule is CCc1cc(CC(N)C2CN(C)CCO2)n(C)n1. The van der Waals surface area contributed by atoms with Crippen molar-refractivity contribution in [2.45, 2.75) is 31.9 Å². The molecule has 1 aromatic heterocycles. The van der Waals surface area contributed by atoms with Crippen LogP contribution in [0.3, 0.4) is 0 Å². The van der Waals surface area contributed by atoms with Crippen LogP contribution in [0.25, 0.3) is 0 Å². The molecule has 5 heteroatoms. The molecule has 1 aliphatic rings. The Hall–Kier alpha value is -0.910. The summed E-state index contributed by atoms with van der Waals surface area (Å²) in [7, 11) is 4.09. The first-order chi connectivity index (χ1) is 8.60. The van der Waals surface area contributed by atoms with E-state index in [1.54, 1.807) is 0 Å². The number of hydrogen-bond donors (Lipinski definition) is 1. The average Bonchev–Trinajstić information content (AvgIpc) is 2.70. The van der Waals surface area contributed by atoms with E-state index in [4.69, 9.17) is 10.5 Å². The van der Waals surface area contributed by atoms with Gasteiger partial charge in [-0.2, -0.15) is 5.10 Å². The molecule has 2 heterocycles. The van der Waals surface area contributed by atoms with Crippen molar-refractivity contribution in [2.24, 2.45) is 12.8 Å². The average molecular weight is 252 g/mol. The molecule has 0 saturated carbocycles. The van der Waals surface area contributed by atoms with Gasteiger partial charge in [0.1, 0.15) is 0 Å². The van der Waals surface area contributed by atoms with E-state index in [2.05, 4.69) is 30.0 Å². The van der Waals surface area contributed by atoms with Crippen LogP contribution < -0.4 is 5.73 Å². The number of aromatic nitrogens is 2. The Morgan fingerprint density at radius 3 is 2.94 bits per heavy atom. The van der Waals surface area contributed by atoms with Crippen LogP contribution in [0.15, 0.2) is 6.07 Å². The zero-order chi connectivity index (χ0) is 13.1. The van der Waals surface area contributed by atoms with Crippen molar-refractivity contribution in [3.63, 3.8) is 0 Å². The van der Waals surface area contributed by atoms with Crippen LogP contribution in [0.4, 0.5) is 0 Å². The molecule has 1 aromatic rings. The largest absolute Gasteiger partial charge is 0.374 e. The lowest BCUT2D eigenvalue weighted by molar-refractivity contribution is -0.0321. The monoisotopic (exact) mass is 252 g/mol. The van der Waals surface area contributed by atoms with Crippen molar-refractivity contribution in [3.8, 4) is 0 Å². The van der Waals surface area contributed by atoms with Crippen LogP contribution in [0, 0.1) is 0 Å². The van der Waals surface area contributed by atoms with Crippen LogP contribution in [-0.4, -0.2) is 53.6 Å². The number of nitrogens with two attached hydrogens (primary N) is 1. The number of likely N-dealkylation sites (N-methyl/N-ethyl adjacent to an activating group) is 1. The molecule has 0 radical (unpaired) electrons. The summed E-state index contributed by atoms with van der Waals surface area (Å²) >= 11 is 0. The minimum absolute atomic E-state index is 0.0351. The maximum Gasteiger partial charge on any atom is 0.0856 e. The lowest BCUT2D eigenvalue weighted by atomic mass is 10.0. The van der Waals surface area contributed by atoms with Crippen molar-refractivity contribution < 1.29 is 4.74 Å². The second-order valence-electron chi connectivity index (χ2n) is 5.14. The normalized spacial score (nSPS) is 23.2. The number of nitrogens with zero attached hydrogens (tertiary/aromatic N) is 3. The smallest absolute Gasteiger partial charge is 0.0856 e. The van der Waals surface area contributed by atoms with E-state index in [1.165, 1.54) is 5.69 Å².